The van der Waals surface area contributed by atoms with E-state index in [1.165, 1.54) is 24.5 Å². The Kier molecular flexibility index (Phi) is 3.02. The molecule has 0 amide bonds. The van der Waals surface area contributed by atoms with Crippen LogP contribution in [0.3, 0.4) is 0 Å². The summed E-state index contributed by atoms with van der Waals surface area (Å²) in [5.41, 5.74) is 1.51. The highest BCUT2D eigenvalue weighted by Crippen LogP contribution is 2.55. The van der Waals surface area contributed by atoms with E-state index in [4.69, 9.17) is 5.11 Å². The van der Waals surface area contributed by atoms with Crippen LogP contribution in [-0.2, 0) is 10.2 Å². The van der Waals surface area contributed by atoms with Gasteiger partial charge in [0.1, 0.15) is 0 Å². The first-order valence-electron chi connectivity index (χ1n) is 6.85. The summed E-state index contributed by atoms with van der Waals surface area (Å²) < 4.78 is 0. The summed E-state index contributed by atoms with van der Waals surface area (Å²) in [6.45, 7) is 0. The molecular formula is C17H18O2. The smallest absolute Gasteiger partial charge is 0.327 e. The molecule has 3 atom stereocenters. The largest absolute Gasteiger partial charge is 0.478 e. The van der Waals surface area contributed by atoms with Crippen molar-refractivity contribution in [1.82, 2.24) is 0 Å². The third kappa shape index (κ3) is 2.12. The number of aliphatic carboxylic acids is 1. The molecule has 0 saturated heterocycles. The van der Waals surface area contributed by atoms with Crippen LogP contribution in [0.25, 0.3) is 0 Å². The van der Waals surface area contributed by atoms with Crippen molar-refractivity contribution in [3.63, 3.8) is 0 Å². The molecule has 2 aliphatic carbocycles. The van der Waals surface area contributed by atoms with Crippen LogP contribution in [0.2, 0.25) is 0 Å². The number of benzene rings is 1. The molecule has 2 aliphatic rings. The maximum absolute atomic E-state index is 10.6. The van der Waals surface area contributed by atoms with Gasteiger partial charge in [0.15, 0.2) is 0 Å². The summed E-state index contributed by atoms with van der Waals surface area (Å²) in [6, 6.07) is 10.6. The summed E-state index contributed by atoms with van der Waals surface area (Å²) in [4.78, 5) is 10.6. The molecule has 0 spiro atoms. The maximum Gasteiger partial charge on any atom is 0.327 e. The van der Waals surface area contributed by atoms with Crippen LogP contribution in [0.15, 0.2) is 54.6 Å². The molecule has 98 valence electrons. The number of carbonyl (C=O) groups is 1. The van der Waals surface area contributed by atoms with E-state index in [2.05, 4.69) is 36.4 Å². The lowest BCUT2D eigenvalue weighted by atomic mass is 9.71. The number of rotatable bonds is 4. The highest BCUT2D eigenvalue weighted by Gasteiger charge is 2.48. The average Bonchev–Trinajstić information content (AvgIpc) is 2.98. The summed E-state index contributed by atoms with van der Waals surface area (Å²) in [6.07, 6.45) is 11.0. The SMILES string of the molecule is O=C(O)C=CCC1CC2C=CC1(c1ccccc1)C2. The van der Waals surface area contributed by atoms with Crippen molar-refractivity contribution in [2.75, 3.05) is 0 Å². The number of hydrogen-bond donors (Lipinski definition) is 1. The summed E-state index contributed by atoms with van der Waals surface area (Å²) >= 11 is 0. The maximum atomic E-state index is 10.6. The third-order valence-corrected chi connectivity index (χ3v) is 4.57. The minimum Gasteiger partial charge on any atom is -0.478 e. The Balaban J connectivity index is 1.86. The van der Waals surface area contributed by atoms with E-state index in [1.807, 2.05) is 12.1 Å². The predicted octanol–water partition coefficient (Wildman–Crippen LogP) is 3.55. The van der Waals surface area contributed by atoms with Crippen LogP contribution in [0, 0.1) is 11.8 Å². The molecule has 0 radical (unpaired) electrons. The van der Waals surface area contributed by atoms with Gasteiger partial charge in [-0.3, -0.25) is 0 Å². The van der Waals surface area contributed by atoms with Crippen molar-refractivity contribution in [2.24, 2.45) is 11.8 Å². The first-order valence-corrected chi connectivity index (χ1v) is 6.85. The lowest BCUT2D eigenvalue weighted by Crippen LogP contribution is -2.27. The van der Waals surface area contributed by atoms with Crippen LogP contribution < -0.4 is 0 Å². The zero-order valence-corrected chi connectivity index (χ0v) is 10.8. The van der Waals surface area contributed by atoms with Crippen molar-refractivity contribution in [1.29, 1.82) is 0 Å². The average molecular weight is 254 g/mol. The van der Waals surface area contributed by atoms with Crippen molar-refractivity contribution in [3.05, 3.63) is 60.2 Å². The number of carboxylic acids is 1. The van der Waals surface area contributed by atoms with Gasteiger partial charge in [-0.15, -0.1) is 0 Å². The fourth-order valence-electron chi connectivity index (χ4n) is 3.76. The van der Waals surface area contributed by atoms with Gasteiger partial charge in [-0.25, -0.2) is 4.79 Å². The quantitative estimate of drug-likeness (QED) is 0.659. The van der Waals surface area contributed by atoms with Crippen LogP contribution in [0.5, 0.6) is 0 Å². The number of allylic oxidation sites excluding steroid dienone is 3. The number of hydrogen-bond acceptors (Lipinski definition) is 1. The Morgan fingerprint density at radius 3 is 2.84 bits per heavy atom. The van der Waals surface area contributed by atoms with Crippen molar-refractivity contribution in [3.8, 4) is 0 Å². The Morgan fingerprint density at radius 2 is 2.16 bits per heavy atom. The predicted molar refractivity (Wildman–Crippen MR) is 74.9 cm³/mol. The summed E-state index contributed by atoms with van der Waals surface area (Å²) in [7, 11) is 0. The van der Waals surface area contributed by atoms with Crippen molar-refractivity contribution >= 4 is 5.97 Å². The Hall–Kier alpha value is -1.83. The van der Waals surface area contributed by atoms with Crippen molar-refractivity contribution in [2.45, 2.75) is 24.7 Å². The van der Waals surface area contributed by atoms with E-state index >= 15 is 0 Å². The van der Waals surface area contributed by atoms with E-state index < -0.39 is 5.97 Å². The Labute approximate surface area is 113 Å². The zero-order valence-electron chi connectivity index (χ0n) is 10.8. The molecule has 3 unspecified atom stereocenters. The molecule has 3 rings (SSSR count). The van der Waals surface area contributed by atoms with Gasteiger partial charge in [0.25, 0.3) is 0 Å². The van der Waals surface area contributed by atoms with Gasteiger partial charge in [-0.1, -0.05) is 48.6 Å². The topological polar surface area (TPSA) is 37.3 Å². The normalized spacial score (nSPS) is 32.2. The highest BCUT2D eigenvalue weighted by atomic mass is 16.4. The molecule has 2 heteroatoms. The lowest BCUT2D eigenvalue weighted by molar-refractivity contribution is -0.131. The molecule has 1 saturated carbocycles. The van der Waals surface area contributed by atoms with E-state index in [0.717, 1.165) is 6.42 Å². The molecule has 2 nitrogen and oxygen atoms in total. The van der Waals surface area contributed by atoms with Crippen LogP contribution in [-0.4, -0.2) is 11.1 Å². The molecule has 0 aliphatic heterocycles. The third-order valence-electron chi connectivity index (χ3n) is 4.57. The van der Waals surface area contributed by atoms with Gasteiger partial charge in [0, 0.05) is 11.5 Å². The monoisotopic (exact) mass is 254 g/mol. The summed E-state index contributed by atoms with van der Waals surface area (Å²) in [5.74, 6) is 0.344. The number of fused-ring (bicyclic) bond motifs is 2. The molecule has 0 heterocycles. The van der Waals surface area contributed by atoms with Crippen LogP contribution in [0.4, 0.5) is 0 Å². The van der Waals surface area contributed by atoms with Gasteiger partial charge < -0.3 is 5.11 Å². The molecule has 19 heavy (non-hydrogen) atoms. The standard InChI is InChI=1S/C17H18O2/c18-16(19)8-4-7-15-11-13-9-10-17(15,12-13)14-5-2-1-3-6-14/h1-6,8-10,13,15H,7,11-12H2,(H,18,19). The second kappa shape index (κ2) is 4.69. The van der Waals surface area contributed by atoms with Gasteiger partial charge in [-0.05, 0) is 36.7 Å². The second-order valence-electron chi connectivity index (χ2n) is 5.64. The minimum atomic E-state index is -0.854. The zero-order chi connectivity index (χ0) is 13.3. The van der Waals surface area contributed by atoms with Crippen molar-refractivity contribution < 1.29 is 9.90 Å². The molecule has 1 aromatic rings. The molecule has 0 aromatic heterocycles. The number of carboxylic acid groups (broad SMARTS) is 1. The van der Waals surface area contributed by atoms with Gasteiger partial charge in [-0.2, -0.15) is 0 Å². The van der Waals surface area contributed by atoms with Gasteiger partial charge in [0.05, 0.1) is 0 Å². The fraction of sp³-hybridized carbons (Fsp3) is 0.353. The fourth-order valence-corrected chi connectivity index (χ4v) is 3.76. The molecule has 1 N–H and O–H groups in total. The molecular weight excluding hydrogens is 236 g/mol. The first-order chi connectivity index (χ1) is 9.21. The Bertz CT molecular complexity index is 529. The summed E-state index contributed by atoms with van der Waals surface area (Å²) in [5, 5.41) is 8.70. The molecule has 2 bridgehead atoms. The highest BCUT2D eigenvalue weighted by molar-refractivity contribution is 5.79. The molecule has 1 aromatic carbocycles. The van der Waals surface area contributed by atoms with Gasteiger partial charge >= 0.3 is 5.97 Å². The minimum absolute atomic E-state index is 0.134. The first kappa shape index (κ1) is 12.2. The van der Waals surface area contributed by atoms with E-state index in [9.17, 15) is 4.79 Å². The molecule has 1 fully saturated rings. The van der Waals surface area contributed by atoms with Crippen LogP contribution in [0.1, 0.15) is 24.8 Å². The second-order valence-corrected chi connectivity index (χ2v) is 5.64. The lowest BCUT2D eigenvalue weighted by Gasteiger charge is -2.32. The Morgan fingerprint density at radius 1 is 1.37 bits per heavy atom. The van der Waals surface area contributed by atoms with E-state index in [1.54, 1.807) is 0 Å². The van der Waals surface area contributed by atoms with E-state index in [0.29, 0.717) is 11.8 Å². The van der Waals surface area contributed by atoms with Gasteiger partial charge in [0.2, 0.25) is 0 Å². The van der Waals surface area contributed by atoms with Crippen LogP contribution >= 0.6 is 0 Å². The van der Waals surface area contributed by atoms with E-state index in [-0.39, 0.29) is 5.41 Å².